The van der Waals surface area contributed by atoms with Gasteiger partial charge in [0, 0.05) is 30.4 Å². The molecule has 0 aliphatic rings. The molecule has 0 amide bonds. The molecule has 0 saturated carbocycles. The van der Waals surface area contributed by atoms with Crippen LogP contribution in [0.15, 0.2) is 24.4 Å². The summed E-state index contributed by atoms with van der Waals surface area (Å²) >= 11 is 0. The minimum atomic E-state index is -4.61. The maximum atomic E-state index is 12.9. The van der Waals surface area contributed by atoms with Crippen LogP contribution >= 0.6 is 0 Å². The smallest absolute Gasteiger partial charge is 0.451 e. The molecule has 21 heavy (non-hydrogen) atoms. The second-order valence-electron chi connectivity index (χ2n) is 4.08. The molecule has 0 bridgehead atoms. The average molecular weight is 298 g/mol. The molecule has 112 valence electrons. The Labute approximate surface area is 119 Å². The van der Waals surface area contributed by atoms with Crippen molar-refractivity contribution in [2.45, 2.75) is 13.1 Å². The largest absolute Gasteiger partial charge is 0.481 e. The van der Waals surface area contributed by atoms with Gasteiger partial charge in [0.25, 0.3) is 0 Å². The predicted octanol–water partition coefficient (Wildman–Crippen LogP) is 3.00. The Morgan fingerprint density at radius 3 is 2.62 bits per heavy atom. The van der Waals surface area contributed by atoms with Crippen LogP contribution in [0.2, 0.25) is 0 Å². The van der Waals surface area contributed by atoms with Crippen LogP contribution < -0.4 is 10.1 Å². The molecule has 2 aromatic rings. The van der Waals surface area contributed by atoms with E-state index in [4.69, 9.17) is 4.74 Å². The number of rotatable bonds is 4. The van der Waals surface area contributed by atoms with Gasteiger partial charge in [-0.3, -0.25) is 0 Å². The zero-order chi connectivity index (χ0) is 15.5. The first-order valence-electron chi connectivity index (χ1n) is 6.14. The molecule has 0 saturated heterocycles. The lowest BCUT2D eigenvalue weighted by Gasteiger charge is -2.11. The highest BCUT2D eigenvalue weighted by atomic mass is 19.4. The summed E-state index contributed by atoms with van der Waals surface area (Å²) < 4.78 is 43.5. The van der Waals surface area contributed by atoms with Crippen molar-refractivity contribution in [1.82, 2.24) is 15.0 Å². The second kappa shape index (κ2) is 5.94. The van der Waals surface area contributed by atoms with Crippen LogP contribution in [0.3, 0.4) is 0 Å². The van der Waals surface area contributed by atoms with Gasteiger partial charge in [-0.25, -0.2) is 15.0 Å². The third-order valence-electron chi connectivity index (χ3n) is 2.58. The van der Waals surface area contributed by atoms with Gasteiger partial charge >= 0.3 is 6.18 Å². The average Bonchev–Trinajstić information content (AvgIpc) is 2.46. The summed E-state index contributed by atoms with van der Waals surface area (Å²) in [5.41, 5.74) is 0.614. The molecule has 0 spiro atoms. The highest BCUT2D eigenvalue weighted by molar-refractivity contribution is 5.63. The van der Waals surface area contributed by atoms with Crippen LogP contribution in [0.25, 0.3) is 11.3 Å². The molecule has 2 rings (SSSR count). The van der Waals surface area contributed by atoms with Crippen molar-refractivity contribution in [3.63, 3.8) is 0 Å². The third-order valence-corrected chi connectivity index (χ3v) is 2.58. The molecule has 2 heterocycles. The van der Waals surface area contributed by atoms with E-state index in [1.807, 2.05) is 0 Å². The molecular formula is C13H13F3N4O. The Kier molecular flexibility index (Phi) is 4.25. The van der Waals surface area contributed by atoms with Crippen molar-refractivity contribution in [3.05, 3.63) is 30.2 Å². The predicted molar refractivity (Wildman–Crippen MR) is 71.0 cm³/mol. The topological polar surface area (TPSA) is 59.9 Å². The number of pyridine rings is 1. The van der Waals surface area contributed by atoms with E-state index in [0.29, 0.717) is 18.0 Å². The van der Waals surface area contributed by atoms with Crippen LogP contribution in [0.5, 0.6) is 5.88 Å². The van der Waals surface area contributed by atoms with E-state index in [0.717, 1.165) is 0 Å². The molecular weight excluding hydrogens is 285 g/mol. The highest BCUT2D eigenvalue weighted by Crippen LogP contribution is 2.30. The van der Waals surface area contributed by atoms with Crippen LogP contribution in [0.4, 0.5) is 19.0 Å². The van der Waals surface area contributed by atoms with Gasteiger partial charge in [0.2, 0.25) is 11.7 Å². The molecule has 0 fully saturated rings. The van der Waals surface area contributed by atoms with Crippen LogP contribution in [-0.2, 0) is 6.18 Å². The van der Waals surface area contributed by atoms with Gasteiger partial charge in [-0.15, -0.1) is 0 Å². The fraction of sp³-hybridized carbons (Fsp3) is 0.308. The standard InChI is InChI=1S/C13H13F3N4O/c1-3-17-10-7-9(19-12(20-10)13(14,15)16)8-4-5-18-11(6-8)21-2/h4-7H,3H2,1-2H3,(H,17,19,20). The third kappa shape index (κ3) is 3.59. The van der Waals surface area contributed by atoms with Gasteiger partial charge in [0.1, 0.15) is 5.82 Å². The zero-order valence-electron chi connectivity index (χ0n) is 11.4. The molecule has 0 aliphatic carbocycles. The summed E-state index contributed by atoms with van der Waals surface area (Å²) in [5, 5.41) is 2.76. The van der Waals surface area contributed by atoms with E-state index in [-0.39, 0.29) is 11.5 Å². The number of ether oxygens (including phenoxy) is 1. The second-order valence-corrected chi connectivity index (χ2v) is 4.08. The summed E-state index contributed by atoms with van der Waals surface area (Å²) in [5.74, 6) is -0.776. The first kappa shape index (κ1) is 15.0. The van der Waals surface area contributed by atoms with Gasteiger partial charge in [-0.05, 0) is 13.0 Å². The minimum Gasteiger partial charge on any atom is -0.481 e. The number of aromatic nitrogens is 3. The van der Waals surface area contributed by atoms with E-state index in [9.17, 15) is 13.2 Å². The first-order valence-corrected chi connectivity index (χ1v) is 6.14. The summed E-state index contributed by atoms with van der Waals surface area (Å²) in [7, 11) is 1.43. The SMILES string of the molecule is CCNc1cc(-c2ccnc(OC)c2)nc(C(F)(F)F)n1. The maximum Gasteiger partial charge on any atom is 0.451 e. The monoisotopic (exact) mass is 298 g/mol. The molecule has 2 aromatic heterocycles. The number of hydrogen-bond donors (Lipinski definition) is 1. The molecule has 0 aliphatic heterocycles. The van der Waals surface area contributed by atoms with Gasteiger partial charge in [0.15, 0.2) is 0 Å². The Bertz CT molecular complexity index is 631. The number of halogens is 3. The van der Waals surface area contributed by atoms with Gasteiger partial charge < -0.3 is 10.1 Å². The Hall–Kier alpha value is -2.38. The summed E-state index contributed by atoms with van der Waals surface area (Å²) in [6, 6.07) is 4.52. The minimum absolute atomic E-state index is 0.116. The van der Waals surface area contributed by atoms with Crippen molar-refractivity contribution in [2.24, 2.45) is 0 Å². The number of nitrogens with one attached hydrogen (secondary N) is 1. The normalized spacial score (nSPS) is 11.3. The Morgan fingerprint density at radius 2 is 2.00 bits per heavy atom. The Balaban J connectivity index is 2.53. The fourth-order valence-corrected chi connectivity index (χ4v) is 1.67. The molecule has 5 nitrogen and oxygen atoms in total. The van der Waals surface area contributed by atoms with Gasteiger partial charge in [-0.1, -0.05) is 0 Å². The molecule has 0 unspecified atom stereocenters. The van der Waals surface area contributed by atoms with Crippen molar-refractivity contribution in [2.75, 3.05) is 19.0 Å². The van der Waals surface area contributed by atoms with Crippen LogP contribution in [0.1, 0.15) is 12.7 Å². The van der Waals surface area contributed by atoms with E-state index in [1.165, 1.54) is 25.4 Å². The summed E-state index contributed by atoms with van der Waals surface area (Å²) in [6.07, 6.45) is -3.17. The van der Waals surface area contributed by atoms with Crippen molar-refractivity contribution >= 4 is 5.82 Å². The number of methoxy groups -OCH3 is 1. The van der Waals surface area contributed by atoms with E-state index in [1.54, 1.807) is 13.0 Å². The van der Waals surface area contributed by atoms with E-state index in [2.05, 4.69) is 20.3 Å². The summed E-state index contributed by atoms with van der Waals surface area (Å²) in [6.45, 7) is 2.22. The lowest BCUT2D eigenvalue weighted by Crippen LogP contribution is -2.13. The lowest BCUT2D eigenvalue weighted by atomic mass is 10.2. The van der Waals surface area contributed by atoms with Crippen LogP contribution in [0, 0.1) is 0 Å². The molecule has 1 N–H and O–H groups in total. The van der Waals surface area contributed by atoms with E-state index < -0.39 is 12.0 Å². The van der Waals surface area contributed by atoms with Crippen molar-refractivity contribution < 1.29 is 17.9 Å². The number of anilines is 1. The lowest BCUT2D eigenvalue weighted by molar-refractivity contribution is -0.144. The number of hydrogen-bond acceptors (Lipinski definition) is 5. The van der Waals surface area contributed by atoms with E-state index >= 15 is 0 Å². The molecule has 8 heteroatoms. The molecule has 0 radical (unpaired) electrons. The van der Waals surface area contributed by atoms with Gasteiger partial charge in [0.05, 0.1) is 12.8 Å². The highest BCUT2D eigenvalue weighted by Gasteiger charge is 2.35. The summed E-state index contributed by atoms with van der Waals surface area (Å²) in [4.78, 5) is 11.0. The maximum absolute atomic E-state index is 12.9. The number of alkyl halides is 3. The molecule has 0 atom stereocenters. The van der Waals surface area contributed by atoms with Crippen molar-refractivity contribution in [1.29, 1.82) is 0 Å². The first-order chi connectivity index (χ1) is 9.94. The van der Waals surface area contributed by atoms with Crippen LogP contribution in [-0.4, -0.2) is 28.6 Å². The molecule has 0 aromatic carbocycles. The zero-order valence-corrected chi connectivity index (χ0v) is 11.4. The fourth-order valence-electron chi connectivity index (χ4n) is 1.67. The van der Waals surface area contributed by atoms with Crippen molar-refractivity contribution in [3.8, 4) is 17.1 Å². The number of nitrogens with zero attached hydrogens (tertiary/aromatic N) is 3. The van der Waals surface area contributed by atoms with Gasteiger partial charge in [-0.2, -0.15) is 13.2 Å². The Morgan fingerprint density at radius 1 is 1.24 bits per heavy atom. The quantitative estimate of drug-likeness (QED) is 0.940.